The summed E-state index contributed by atoms with van der Waals surface area (Å²) in [5, 5.41) is 10.8. The van der Waals surface area contributed by atoms with E-state index in [2.05, 4.69) is 20.3 Å². The van der Waals surface area contributed by atoms with Crippen LogP contribution in [-0.4, -0.2) is 26.7 Å². The summed E-state index contributed by atoms with van der Waals surface area (Å²) in [6.07, 6.45) is 3.19. The van der Waals surface area contributed by atoms with Crippen LogP contribution in [-0.2, 0) is 13.0 Å². The van der Waals surface area contributed by atoms with Crippen LogP contribution in [0.25, 0.3) is 0 Å². The zero-order valence-corrected chi connectivity index (χ0v) is 16.6. The number of nitrogens with two attached hydrogens (primary N) is 1. The largest absolute Gasteiger partial charge is 0.469 e. The van der Waals surface area contributed by atoms with Gasteiger partial charge in [0.25, 0.3) is 0 Å². The van der Waals surface area contributed by atoms with Crippen molar-refractivity contribution >= 4 is 35.3 Å². The minimum atomic E-state index is -0.0982. The molecule has 0 atom stereocenters. The second-order valence-electron chi connectivity index (χ2n) is 5.56. The van der Waals surface area contributed by atoms with Gasteiger partial charge in [-0.25, -0.2) is 0 Å². The molecule has 1 aromatic carbocycles. The number of amidine groups is 1. The number of hydrogen-bond acceptors (Lipinski definition) is 8. The molecule has 10 heteroatoms. The molecule has 3 rings (SSSR count). The van der Waals surface area contributed by atoms with E-state index < -0.39 is 0 Å². The first-order chi connectivity index (χ1) is 13.2. The van der Waals surface area contributed by atoms with Crippen molar-refractivity contribution in [1.82, 2.24) is 15.0 Å². The molecule has 0 aliphatic rings. The summed E-state index contributed by atoms with van der Waals surface area (Å²) in [4.78, 5) is 12.8. The summed E-state index contributed by atoms with van der Waals surface area (Å²) < 4.78 is 10.9. The van der Waals surface area contributed by atoms with Crippen molar-refractivity contribution in [2.24, 2.45) is 5.73 Å². The topological polar surface area (TPSA) is 123 Å². The number of furan rings is 1. The molecule has 0 saturated heterocycles. The van der Waals surface area contributed by atoms with Crippen molar-refractivity contribution in [3.63, 3.8) is 0 Å². The van der Waals surface area contributed by atoms with Crippen molar-refractivity contribution in [2.45, 2.75) is 24.5 Å². The molecular weight excluding hydrogens is 400 g/mol. The van der Waals surface area contributed by atoms with Gasteiger partial charge in [0.05, 0.1) is 12.9 Å². The Labute approximate surface area is 173 Å². The molecule has 3 aromatic rings. The lowest BCUT2D eigenvalue weighted by molar-refractivity contribution is 0.279. The Balaban J connectivity index is 0.00000280. The quantitative estimate of drug-likeness (QED) is 0.208. The smallest absolute Gasteiger partial charge is 0.322 e. The van der Waals surface area contributed by atoms with Gasteiger partial charge in [-0.1, -0.05) is 30.3 Å². The van der Waals surface area contributed by atoms with Gasteiger partial charge < -0.3 is 20.2 Å². The Morgan fingerprint density at radius 3 is 2.68 bits per heavy atom. The lowest BCUT2D eigenvalue weighted by Crippen LogP contribution is -2.11. The van der Waals surface area contributed by atoms with Gasteiger partial charge in [0.1, 0.15) is 5.76 Å². The summed E-state index contributed by atoms with van der Waals surface area (Å²) in [5.74, 6) is 1.28. The minimum Gasteiger partial charge on any atom is -0.469 e. The molecule has 28 heavy (non-hydrogen) atoms. The SMILES string of the molecule is Cl.N=C(N)Sc1nc(NCc2ccccc2)nc(OCCCc2ccco2)n1. The van der Waals surface area contributed by atoms with Crippen LogP contribution in [0.2, 0.25) is 0 Å². The van der Waals surface area contributed by atoms with Gasteiger partial charge >= 0.3 is 6.01 Å². The number of ether oxygens (including phenoxy) is 1. The van der Waals surface area contributed by atoms with Crippen molar-refractivity contribution in [1.29, 1.82) is 5.41 Å². The van der Waals surface area contributed by atoms with Gasteiger partial charge in [-0.2, -0.15) is 15.0 Å². The zero-order valence-electron chi connectivity index (χ0n) is 15.0. The third-order valence-corrected chi connectivity index (χ3v) is 4.05. The summed E-state index contributed by atoms with van der Waals surface area (Å²) in [6, 6.07) is 13.9. The third-order valence-electron chi connectivity index (χ3n) is 3.47. The second kappa shape index (κ2) is 11.2. The third kappa shape index (κ3) is 7.09. The molecule has 0 bridgehead atoms. The maximum Gasteiger partial charge on any atom is 0.322 e. The van der Waals surface area contributed by atoms with E-state index in [-0.39, 0.29) is 23.6 Å². The number of rotatable bonds is 9. The van der Waals surface area contributed by atoms with Crippen LogP contribution < -0.4 is 15.8 Å². The Bertz CT molecular complexity index is 864. The predicted molar refractivity (Wildman–Crippen MR) is 111 cm³/mol. The number of aromatic nitrogens is 3. The van der Waals surface area contributed by atoms with E-state index in [1.54, 1.807) is 6.26 Å². The standard InChI is InChI=1S/C18H20N6O2S.ClH/c19-15(20)27-18-23-16(21-12-13-6-2-1-3-7-13)22-17(24-18)26-11-5-9-14-8-4-10-25-14;/h1-4,6-8,10H,5,9,11-12H2,(H3,19,20)(H,21,22,23,24);1H. The predicted octanol–water partition coefficient (Wildman–Crippen LogP) is 3.50. The van der Waals surface area contributed by atoms with Crippen LogP contribution >= 0.6 is 24.2 Å². The van der Waals surface area contributed by atoms with Crippen LogP contribution in [0.4, 0.5) is 5.95 Å². The summed E-state index contributed by atoms with van der Waals surface area (Å²) in [6.45, 7) is 1.000. The first-order valence-corrected chi connectivity index (χ1v) is 9.21. The van der Waals surface area contributed by atoms with E-state index in [1.807, 2.05) is 42.5 Å². The van der Waals surface area contributed by atoms with Crippen molar-refractivity contribution in [3.8, 4) is 6.01 Å². The molecule has 8 nitrogen and oxygen atoms in total. The summed E-state index contributed by atoms with van der Waals surface area (Å²) >= 11 is 0.950. The lowest BCUT2D eigenvalue weighted by Gasteiger charge is -2.09. The molecule has 0 unspecified atom stereocenters. The van der Waals surface area contributed by atoms with Crippen molar-refractivity contribution < 1.29 is 9.15 Å². The lowest BCUT2D eigenvalue weighted by atomic mass is 10.2. The fraction of sp³-hybridized carbons (Fsp3) is 0.222. The fourth-order valence-corrected chi connectivity index (χ4v) is 2.72. The maximum absolute atomic E-state index is 7.43. The molecular formula is C18H21ClN6O2S. The number of benzene rings is 1. The minimum absolute atomic E-state index is 0. The number of anilines is 1. The monoisotopic (exact) mass is 420 g/mol. The number of hydrogen-bond donors (Lipinski definition) is 3. The number of aryl methyl sites for hydroxylation is 1. The second-order valence-corrected chi connectivity index (χ2v) is 6.57. The number of thioether (sulfide) groups is 1. The Hall–Kier alpha value is -2.78. The first-order valence-electron chi connectivity index (χ1n) is 8.40. The average Bonchev–Trinajstić information content (AvgIpc) is 3.17. The maximum atomic E-state index is 7.43. The molecule has 2 heterocycles. The van der Waals surface area contributed by atoms with E-state index in [1.165, 1.54) is 0 Å². The number of nitrogens with zero attached hydrogens (tertiary/aromatic N) is 3. The van der Waals surface area contributed by atoms with E-state index >= 15 is 0 Å². The highest BCUT2D eigenvalue weighted by Crippen LogP contribution is 2.18. The number of halogens is 1. The van der Waals surface area contributed by atoms with Crippen LogP contribution in [0.5, 0.6) is 6.01 Å². The van der Waals surface area contributed by atoms with Gasteiger partial charge in [0.2, 0.25) is 11.1 Å². The van der Waals surface area contributed by atoms with Crippen LogP contribution in [0.15, 0.2) is 58.3 Å². The normalized spacial score (nSPS) is 10.1. The van der Waals surface area contributed by atoms with E-state index in [9.17, 15) is 0 Å². The molecule has 0 radical (unpaired) electrons. The van der Waals surface area contributed by atoms with Gasteiger partial charge in [-0.05, 0) is 35.9 Å². The van der Waals surface area contributed by atoms with E-state index in [4.69, 9.17) is 20.3 Å². The van der Waals surface area contributed by atoms with Gasteiger partial charge in [0, 0.05) is 13.0 Å². The first kappa shape index (κ1) is 21.5. The van der Waals surface area contributed by atoms with E-state index in [0.717, 1.165) is 35.9 Å². The Kier molecular flexibility index (Phi) is 8.57. The molecule has 0 fully saturated rings. The Morgan fingerprint density at radius 2 is 1.96 bits per heavy atom. The van der Waals surface area contributed by atoms with Gasteiger partial charge in [0.15, 0.2) is 5.17 Å². The van der Waals surface area contributed by atoms with Crippen LogP contribution in [0, 0.1) is 5.41 Å². The van der Waals surface area contributed by atoms with E-state index in [0.29, 0.717) is 24.3 Å². The Morgan fingerprint density at radius 1 is 1.14 bits per heavy atom. The summed E-state index contributed by atoms with van der Waals surface area (Å²) in [7, 11) is 0. The molecule has 4 N–H and O–H groups in total. The van der Waals surface area contributed by atoms with Crippen molar-refractivity contribution in [3.05, 3.63) is 60.1 Å². The molecule has 0 amide bonds. The molecule has 0 aliphatic carbocycles. The molecule has 148 valence electrons. The number of nitrogens with one attached hydrogen (secondary N) is 2. The molecule has 0 aliphatic heterocycles. The average molecular weight is 421 g/mol. The highest BCUT2D eigenvalue weighted by Gasteiger charge is 2.10. The zero-order chi connectivity index (χ0) is 18.9. The van der Waals surface area contributed by atoms with Crippen LogP contribution in [0.1, 0.15) is 17.7 Å². The molecule has 2 aromatic heterocycles. The molecule has 0 saturated carbocycles. The van der Waals surface area contributed by atoms with Crippen molar-refractivity contribution in [2.75, 3.05) is 11.9 Å². The highest BCUT2D eigenvalue weighted by molar-refractivity contribution is 8.13. The van der Waals surface area contributed by atoms with Gasteiger partial charge in [-0.3, -0.25) is 5.41 Å². The fourth-order valence-electron chi connectivity index (χ4n) is 2.27. The summed E-state index contributed by atoms with van der Waals surface area (Å²) in [5.41, 5.74) is 6.54. The van der Waals surface area contributed by atoms with Crippen LogP contribution in [0.3, 0.4) is 0 Å². The molecule has 0 spiro atoms. The van der Waals surface area contributed by atoms with Gasteiger partial charge in [-0.15, -0.1) is 12.4 Å². The highest BCUT2D eigenvalue weighted by atomic mass is 35.5.